The summed E-state index contributed by atoms with van der Waals surface area (Å²) in [6, 6.07) is 8.33. The summed E-state index contributed by atoms with van der Waals surface area (Å²) in [5.74, 6) is -3.30. The molecule has 0 aliphatic heterocycles. The topological polar surface area (TPSA) is 107 Å². The minimum absolute atomic E-state index is 0.452. The zero-order valence-electron chi connectivity index (χ0n) is 18.8. The number of aliphatic hydroxyl groups excluding tert-OH is 1. The van der Waals surface area contributed by atoms with Crippen LogP contribution in [0.5, 0.6) is 5.75 Å². The van der Waals surface area contributed by atoms with E-state index in [0.29, 0.717) is 18.4 Å². The molecule has 4 N–H and O–H groups in total. The first-order valence-electron chi connectivity index (χ1n) is 11.5. The molecule has 0 heterocycles. The highest BCUT2D eigenvalue weighted by Crippen LogP contribution is 2.35. The van der Waals surface area contributed by atoms with E-state index < -0.39 is 17.9 Å². The smallest absolute Gasteiger partial charge is 0.367 e. The number of allylic oxidation sites excluding steroid dienone is 1. The second-order valence-corrected chi connectivity index (χ2v) is 8.42. The summed E-state index contributed by atoms with van der Waals surface area (Å²) in [5.41, 5.74) is 4.02. The van der Waals surface area contributed by atoms with Crippen LogP contribution in [0.2, 0.25) is 0 Å². The van der Waals surface area contributed by atoms with Crippen molar-refractivity contribution in [1.29, 1.82) is 0 Å². The lowest BCUT2D eigenvalue weighted by Crippen LogP contribution is -2.48. The molecule has 0 bridgehead atoms. The molecule has 176 valence electrons. The summed E-state index contributed by atoms with van der Waals surface area (Å²) < 4.78 is 5.83. The zero-order valence-corrected chi connectivity index (χ0v) is 18.8. The normalized spacial score (nSPS) is 19.5. The van der Waals surface area contributed by atoms with Crippen LogP contribution in [-0.2, 0) is 11.2 Å². The van der Waals surface area contributed by atoms with Crippen LogP contribution in [0.1, 0.15) is 57.4 Å². The number of hydrogen-bond acceptors (Lipinski definition) is 5. The van der Waals surface area contributed by atoms with Gasteiger partial charge in [-0.25, -0.2) is 4.79 Å². The Hall–Kier alpha value is -2.37. The molecule has 1 aromatic rings. The number of aryl methyl sites for hydroxylation is 1. The number of carboxylic acid groups (broad SMARTS) is 1. The maximum absolute atomic E-state index is 10.7. The van der Waals surface area contributed by atoms with Gasteiger partial charge in [-0.05, 0) is 80.2 Å². The van der Waals surface area contributed by atoms with E-state index in [1.807, 2.05) is 12.1 Å². The number of carboxylic acids is 1. The molecule has 0 saturated heterocycles. The standard InChI is InChI=1S/C26H36O6/c1-2-3-9-20-15-17-23(18-16-20)32-19-7-6-11-22-13-8-12-21(22)10-4-5-14-24(27)26(30,31)25(28)29/h4,6,11,14-18,21-22,24,27,30-31H,2-3,7-10,12-13,19H2,1H3,(H,28,29)/b11-6+/t5?,21-,22-,24?/m0/s1. The second-order valence-electron chi connectivity index (χ2n) is 8.42. The first-order valence-corrected chi connectivity index (χ1v) is 11.5. The van der Waals surface area contributed by atoms with E-state index in [0.717, 1.165) is 50.4 Å². The van der Waals surface area contributed by atoms with Crippen LogP contribution >= 0.6 is 0 Å². The molecule has 0 amide bonds. The van der Waals surface area contributed by atoms with E-state index in [9.17, 15) is 20.1 Å². The molecular formula is C26H36O6. The summed E-state index contributed by atoms with van der Waals surface area (Å²) >= 11 is 0. The van der Waals surface area contributed by atoms with Crippen molar-refractivity contribution in [2.75, 3.05) is 6.61 Å². The monoisotopic (exact) mass is 444 g/mol. The van der Waals surface area contributed by atoms with Crippen molar-refractivity contribution in [2.24, 2.45) is 11.8 Å². The molecule has 3 atom stereocenters. The van der Waals surface area contributed by atoms with Crippen molar-refractivity contribution in [3.63, 3.8) is 0 Å². The average Bonchev–Trinajstić information content (AvgIpc) is 3.22. The van der Waals surface area contributed by atoms with Crippen LogP contribution in [0.3, 0.4) is 0 Å². The second kappa shape index (κ2) is 13.2. The lowest BCUT2D eigenvalue weighted by molar-refractivity contribution is -0.227. The summed E-state index contributed by atoms with van der Waals surface area (Å²) in [4.78, 5) is 10.7. The summed E-state index contributed by atoms with van der Waals surface area (Å²) in [6.07, 6.45) is 13.6. The Morgan fingerprint density at radius 3 is 2.72 bits per heavy atom. The molecule has 6 heteroatoms. The van der Waals surface area contributed by atoms with Crippen LogP contribution in [-0.4, -0.2) is 44.9 Å². The molecule has 32 heavy (non-hydrogen) atoms. The average molecular weight is 445 g/mol. The van der Waals surface area contributed by atoms with Gasteiger partial charge >= 0.3 is 5.97 Å². The van der Waals surface area contributed by atoms with Gasteiger partial charge in [0.1, 0.15) is 11.9 Å². The van der Waals surface area contributed by atoms with Crippen molar-refractivity contribution in [1.82, 2.24) is 0 Å². The highest BCUT2D eigenvalue weighted by Gasteiger charge is 2.40. The lowest BCUT2D eigenvalue weighted by Gasteiger charge is -2.19. The van der Waals surface area contributed by atoms with Gasteiger partial charge in [0.15, 0.2) is 0 Å². The third-order valence-corrected chi connectivity index (χ3v) is 5.92. The van der Waals surface area contributed by atoms with Gasteiger partial charge in [-0.1, -0.05) is 44.1 Å². The van der Waals surface area contributed by atoms with Gasteiger partial charge in [-0.2, -0.15) is 0 Å². The molecule has 0 radical (unpaired) electrons. The fraction of sp³-hybridized carbons (Fsp3) is 0.538. The Bertz CT molecular complexity index is 789. The van der Waals surface area contributed by atoms with E-state index in [-0.39, 0.29) is 0 Å². The van der Waals surface area contributed by atoms with Crippen molar-refractivity contribution in [3.05, 3.63) is 59.9 Å². The maximum Gasteiger partial charge on any atom is 0.367 e. The zero-order chi connectivity index (χ0) is 23.4. The fourth-order valence-corrected chi connectivity index (χ4v) is 3.88. The van der Waals surface area contributed by atoms with E-state index >= 15 is 0 Å². The van der Waals surface area contributed by atoms with Gasteiger partial charge in [-0.15, -0.1) is 5.73 Å². The van der Waals surface area contributed by atoms with Crippen LogP contribution in [0.25, 0.3) is 0 Å². The first kappa shape index (κ1) is 25.9. The van der Waals surface area contributed by atoms with Gasteiger partial charge in [-0.3, -0.25) is 0 Å². The molecule has 2 rings (SSSR count). The van der Waals surface area contributed by atoms with Crippen LogP contribution < -0.4 is 4.74 Å². The molecule has 0 aromatic heterocycles. The van der Waals surface area contributed by atoms with Gasteiger partial charge in [0.2, 0.25) is 0 Å². The number of unbranched alkanes of at least 4 members (excludes halogenated alkanes) is 1. The molecule has 1 saturated carbocycles. The number of aliphatic hydroxyl groups is 3. The quantitative estimate of drug-likeness (QED) is 0.159. The minimum atomic E-state index is -3.21. The fourth-order valence-electron chi connectivity index (χ4n) is 3.88. The van der Waals surface area contributed by atoms with Crippen molar-refractivity contribution in [3.8, 4) is 5.75 Å². The van der Waals surface area contributed by atoms with Gasteiger partial charge in [0, 0.05) is 0 Å². The predicted octanol–water partition coefficient (Wildman–Crippen LogP) is 4.00. The predicted molar refractivity (Wildman–Crippen MR) is 123 cm³/mol. The maximum atomic E-state index is 10.7. The van der Waals surface area contributed by atoms with Gasteiger partial charge in [0.25, 0.3) is 5.79 Å². The molecule has 6 nitrogen and oxygen atoms in total. The minimum Gasteiger partial charge on any atom is -0.493 e. The molecule has 1 fully saturated rings. The Labute approximate surface area is 190 Å². The van der Waals surface area contributed by atoms with Gasteiger partial charge < -0.3 is 25.2 Å². The SMILES string of the molecule is CCCCc1ccc(OCC/C=C/[C@H]2CCC[C@@H]2CC=C=CC(O)C(O)(O)C(=O)O)cc1. The largest absolute Gasteiger partial charge is 0.493 e. The van der Waals surface area contributed by atoms with E-state index in [1.54, 1.807) is 6.08 Å². The highest BCUT2D eigenvalue weighted by molar-refractivity contribution is 5.76. The summed E-state index contributed by atoms with van der Waals surface area (Å²) in [6.45, 7) is 2.83. The molecule has 1 unspecified atom stereocenters. The summed E-state index contributed by atoms with van der Waals surface area (Å²) in [5, 5.41) is 36.8. The van der Waals surface area contributed by atoms with E-state index in [1.165, 1.54) is 18.4 Å². The molecular weight excluding hydrogens is 408 g/mol. The van der Waals surface area contributed by atoms with Crippen LogP contribution in [0.15, 0.2) is 54.3 Å². The third-order valence-electron chi connectivity index (χ3n) is 5.92. The molecule has 1 aliphatic rings. The van der Waals surface area contributed by atoms with Crippen molar-refractivity contribution >= 4 is 5.97 Å². The Balaban J connectivity index is 1.73. The van der Waals surface area contributed by atoms with Crippen LogP contribution in [0, 0.1) is 11.8 Å². The van der Waals surface area contributed by atoms with Gasteiger partial charge in [0.05, 0.1) is 6.61 Å². The summed E-state index contributed by atoms with van der Waals surface area (Å²) in [7, 11) is 0. The molecule has 1 aliphatic carbocycles. The number of carbonyl (C=O) groups is 1. The first-order chi connectivity index (χ1) is 15.3. The Morgan fingerprint density at radius 2 is 2.03 bits per heavy atom. The number of hydrogen-bond donors (Lipinski definition) is 4. The van der Waals surface area contributed by atoms with Crippen LogP contribution in [0.4, 0.5) is 0 Å². The Kier molecular flexibility index (Phi) is 10.7. The third kappa shape index (κ3) is 8.29. The molecule has 0 spiro atoms. The van der Waals surface area contributed by atoms with Crippen molar-refractivity contribution in [2.45, 2.75) is 70.2 Å². The number of rotatable bonds is 13. The number of benzene rings is 1. The number of aliphatic carboxylic acids is 1. The van der Waals surface area contributed by atoms with E-state index in [2.05, 4.69) is 36.9 Å². The Morgan fingerprint density at radius 1 is 1.28 bits per heavy atom. The number of ether oxygens (including phenoxy) is 1. The molecule has 1 aromatic carbocycles. The lowest BCUT2D eigenvalue weighted by atomic mass is 9.92. The van der Waals surface area contributed by atoms with Crippen molar-refractivity contribution < 1.29 is 30.0 Å². The highest BCUT2D eigenvalue weighted by atomic mass is 16.6. The van der Waals surface area contributed by atoms with E-state index in [4.69, 9.17) is 9.84 Å².